The number of hydrogen-bond donors (Lipinski definition) is 8. The molecule has 9 atom stereocenters. The van der Waals surface area contributed by atoms with Gasteiger partial charge < -0.3 is 59.8 Å². The molecule has 216 valence electrons. The van der Waals surface area contributed by atoms with Crippen LogP contribution in [0.15, 0.2) is 24.3 Å². The highest BCUT2D eigenvalue weighted by Crippen LogP contribution is 2.40. The van der Waals surface area contributed by atoms with Crippen LogP contribution in [-0.4, -0.2) is 121 Å². The lowest BCUT2D eigenvalue weighted by Gasteiger charge is -2.41. The van der Waals surface area contributed by atoms with Crippen LogP contribution in [0.5, 0.6) is 17.2 Å². The Morgan fingerprint density at radius 3 is 2.20 bits per heavy atom. The summed E-state index contributed by atoms with van der Waals surface area (Å²) in [7, 11) is 0. The van der Waals surface area contributed by atoms with E-state index < -0.39 is 90.7 Å². The van der Waals surface area contributed by atoms with Gasteiger partial charge in [-0.05, 0) is 30.7 Å². The van der Waals surface area contributed by atoms with E-state index >= 15 is 0 Å². The van der Waals surface area contributed by atoms with E-state index in [1.807, 2.05) is 0 Å². The fourth-order valence-electron chi connectivity index (χ4n) is 4.95. The van der Waals surface area contributed by atoms with E-state index in [4.69, 9.17) is 18.9 Å². The first kappa shape index (κ1) is 28.4. The Labute approximate surface area is 226 Å². The van der Waals surface area contributed by atoms with Gasteiger partial charge in [0.1, 0.15) is 60.0 Å². The average Bonchev–Trinajstić information content (AvgIpc) is 2.90. The van der Waals surface area contributed by atoms with Crippen molar-refractivity contribution in [3.8, 4) is 17.2 Å². The number of carbonyl (C=O) groups is 2. The van der Waals surface area contributed by atoms with Crippen molar-refractivity contribution in [1.29, 1.82) is 0 Å². The van der Waals surface area contributed by atoms with Crippen LogP contribution in [0.1, 0.15) is 37.4 Å². The van der Waals surface area contributed by atoms with Crippen LogP contribution in [0.3, 0.4) is 0 Å². The van der Waals surface area contributed by atoms with Crippen LogP contribution in [0, 0.1) is 6.92 Å². The number of hydrogen-bond acceptors (Lipinski definition) is 14. The number of carbonyl (C=O) groups excluding carboxylic acids is 2. The summed E-state index contributed by atoms with van der Waals surface area (Å²) >= 11 is 0. The standard InChI is InChI=1S/C26H28O14/c1-8-2-10-16(12(28)3-8)21(33)17-11(18(10)30)4-9(27)5-14(17)39-26-24(36)22(34)20(32)15(40-26)7-38-25-23(35)19(31)13(29)6-37-25/h2-5,13,15,19-20,22-29,31-32,34-36H,6-7H2,1H3/t13-,15-,19+,20-,22+,23-,24-,25+,26-/m1/s1. The zero-order chi connectivity index (χ0) is 29.0. The van der Waals surface area contributed by atoms with Gasteiger partial charge in [-0.15, -0.1) is 0 Å². The molecule has 0 saturated carbocycles. The smallest absolute Gasteiger partial charge is 0.229 e. The molecular formula is C26H28O14. The summed E-state index contributed by atoms with van der Waals surface area (Å²) in [5.74, 6) is -2.78. The van der Waals surface area contributed by atoms with Gasteiger partial charge in [0.05, 0.1) is 24.3 Å². The third-order valence-corrected chi connectivity index (χ3v) is 7.08. The summed E-state index contributed by atoms with van der Waals surface area (Å²) in [6.45, 7) is 0.724. The summed E-state index contributed by atoms with van der Waals surface area (Å²) < 4.78 is 21.7. The minimum Gasteiger partial charge on any atom is -0.508 e. The molecule has 2 aromatic rings. The molecule has 0 aromatic heterocycles. The number of rotatable bonds is 5. The number of fused-ring (bicyclic) bond motifs is 2. The van der Waals surface area contributed by atoms with E-state index in [0.29, 0.717) is 5.56 Å². The lowest BCUT2D eigenvalue weighted by atomic mass is 9.82. The molecule has 14 nitrogen and oxygen atoms in total. The topological polar surface area (TPSA) is 233 Å². The Kier molecular flexibility index (Phi) is 7.56. The van der Waals surface area contributed by atoms with Gasteiger partial charge in [0, 0.05) is 17.2 Å². The summed E-state index contributed by atoms with van der Waals surface area (Å²) in [6, 6.07) is 4.77. The van der Waals surface area contributed by atoms with Gasteiger partial charge in [0.2, 0.25) is 12.1 Å². The molecule has 0 bridgehead atoms. The monoisotopic (exact) mass is 564 g/mol. The molecular weight excluding hydrogens is 536 g/mol. The number of phenols is 2. The third-order valence-electron chi connectivity index (χ3n) is 7.08. The van der Waals surface area contributed by atoms with Crippen LogP contribution >= 0.6 is 0 Å². The molecule has 3 aliphatic rings. The summed E-state index contributed by atoms with van der Waals surface area (Å²) in [4.78, 5) is 26.6. The number of phenolic OH excluding ortho intramolecular Hbond substituents is 2. The number of aromatic hydroxyl groups is 2. The highest BCUT2D eigenvalue weighted by molar-refractivity contribution is 6.30. The molecule has 0 unspecified atom stereocenters. The summed E-state index contributed by atoms with van der Waals surface area (Å²) in [5.41, 5.74) is -0.379. The van der Waals surface area contributed by atoms with Gasteiger partial charge in [-0.2, -0.15) is 0 Å². The van der Waals surface area contributed by atoms with Crippen LogP contribution in [0.2, 0.25) is 0 Å². The van der Waals surface area contributed by atoms with Crippen molar-refractivity contribution in [1.82, 2.24) is 0 Å². The fraction of sp³-hybridized carbons (Fsp3) is 0.462. The number of aliphatic hydroxyl groups excluding tert-OH is 6. The highest BCUT2D eigenvalue weighted by Gasteiger charge is 2.47. The summed E-state index contributed by atoms with van der Waals surface area (Å²) in [5, 5.41) is 81.6. The van der Waals surface area contributed by atoms with Crippen molar-refractivity contribution in [3.05, 3.63) is 52.1 Å². The second-order valence-electron chi connectivity index (χ2n) is 9.95. The largest absolute Gasteiger partial charge is 0.508 e. The lowest BCUT2D eigenvalue weighted by molar-refractivity contribution is -0.307. The molecule has 40 heavy (non-hydrogen) atoms. The first-order valence-corrected chi connectivity index (χ1v) is 12.3. The van der Waals surface area contributed by atoms with Crippen molar-refractivity contribution in [2.75, 3.05) is 13.2 Å². The zero-order valence-corrected chi connectivity index (χ0v) is 20.9. The Bertz CT molecular complexity index is 1330. The van der Waals surface area contributed by atoms with Crippen molar-refractivity contribution < 1.29 is 69.4 Å². The number of ether oxygens (including phenoxy) is 4. The maximum atomic E-state index is 13.4. The molecule has 2 fully saturated rings. The molecule has 2 aliphatic heterocycles. The molecule has 0 amide bonds. The maximum Gasteiger partial charge on any atom is 0.229 e. The molecule has 2 aromatic carbocycles. The van der Waals surface area contributed by atoms with Crippen molar-refractivity contribution in [3.63, 3.8) is 0 Å². The minimum atomic E-state index is -1.88. The quantitative estimate of drug-likeness (QED) is 0.165. The Morgan fingerprint density at radius 1 is 0.800 bits per heavy atom. The van der Waals surface area contributed by atoms with Gasteiger partial charge >= 0.3 is 0 Å². The fourth-order valence-corrected chi connectivity index (χ4v) is 4.95. The van der Waals surface area contributed by atoms with E-state index in [9.17, 15) is 50.4 Å². The second-order valence-corrected chi connectivity index (χ2v) is 9.95. The average molecular weight is 564 g/mol. The maximum absolute atomic E-state index is 13.4. The first-order valence-electron chi connectivity index (χ1n) is 12.3. The van der Waals surface area contributed by atoms with Crippen molar-refractivity contribution in [2.45, 2.75) is 62.2 Å². The van der Waals surface area contributed by atoms with Gasteiger partial charge in [0.15, 0.2) is 12.1 Å². The molecule has 5 rings (SSSR count). The Balaban J connectivity index is 1.40. The van der Waals surface area contributed by atoms with Gasteiger partial charge in [0.25, 0.3) is 0 Å². The highest BCUT2D eigenvalue weighted by atomic mass is 16.7. The molecule has 2 heterocycles. The van der Waals surface area contributed by atoms with E-state index in [1.54, 1.807) is 6.92 Å². The number of aliphatic hydroxyl groups is 6. The third kappa shape index (κ3) is 4.83. The molecule has 0 radical (unpaired) electrons. The van der Waals surface area contributed by atoms with Gasteiger partial charge in [-0.1, -0.05) is 0 Å². The lowest BCUT2D eigenvalue weighted by Crippen LogP contribution is -2.61. The van der Waals surface area contributed by atoms with Crippen LogP contribution < -0.4 is 4.74 Å². The Morgan fingerprint density at radius 2 is 1.48 bits per heavy atom. The second kappa shape index (κ2) is 10.7. The van der Waals surface area contributed by atoms with E-state index in [1.165, 1.54) is 12.1 Å². The predicted molar refractivity (Wildman–Crippen MR) is 129 cm³/mol. The van der Waals surface area contributed by atoms with Crippen LogP contribution in [0.4, 0.5) is 0 Å². The minimum absolute atomic E-state index is 0.0685. The number of aryl methyl sites for hydroxylation is 1. The first-order chi connectivity index (χ1) is 18.9. The van der Waals surface area contributed by atoms with E-state index in [-0.39, 0.29) is 28.9 Å². The van der Waals surface area contributed by atoms with Gasteiger partial charge in [-0.25, -0.2) is 0 Å². The predicted octanol–water partition coefficient (Wildman–Crippen LogP) is -2.18. The molecule has 0 spiro atoms. The van der Waals surface area contributed by atoms with Crippen molar-refractivity contribution in [2.24, 2.45) is 0 Å². The normalized spacial score (nSPS) is 33.8. The van der Waals surface area contributed by atoms with Gasteiger partial charge in [-0.3, -0.25) is 9.59 Å². The molecule has 1 aliphatic carbocycles. The number of ketones is 2. The molecule has 2 saturated heterocycles. The zero-order valence-electron chi connectivity index (χ0n) is 20.9. The SMILES string of the molecule is Cc1cc(O)c2c(c1)C(=O)c1cc(O)cc(O[C@@H]3O[C@H](CO[C@@H]4OC[C@@H](O)[C@H](O)[C@H]4O)[C@@H](O)[C@H](O)[C@H]3O)c1C2=O. The molecule has 8 N–H and O–H groups in total. The Hall–Kier alpha value is -3.18. The van der Waals surface area contributed by atoms with Crippen LogP contribution in [0.25, 0.3) is 0 Å². The van der Waals surface area contributed by atoms with Crippen molar-refractivity contribution >= 4 is 11.6 Å². The summed E-state index contributed by atoms with van der Waals surface area (Å²) in [6.07, 6.45) is -14.6. The van der Waals surface area contributed by atoms with Crippen LogP contribution in [-0.2, 0) is 14.2 Å². The number of benzene rings is 2. The van der Waals surface area contributed by atoms with E-state index in [2.05, 4.69) is 0 Å². The molecule has 14 heteroatoms. The van der Waals surface area contributed by atoms with E-state index in [0.717, 1.165) is 12.1 Å².